The van der Waals surface area contributed by atoms with E-state index in [4.69, 9.17) is 40.2 Å². The molecule has 2 aliphatic rings. The molecular weight excluding hydrogens is 587 g/mol. The Morgan fingerprint density at radius 3 is 2.80 bits per heavy atom. The molecule has 1 aliphatic carbocycles. The van der Waals surface area contributed by atoms with Gasteiger partial charge in [0, 0.05) is 36.1 Å². The van der Waals surface area contributed by atoms with Gasteiger partial charge in [0.05, 0.1) is 30.5 Å². The first-order valence-electron chi connectivity index (χ1n) is 14.7. The van der Waals surface area contributed by atoms with E-state index in [9.17, 15) is 9.18 Å². The summed E-state index contributed by atoms with van der Waals surface area (Å²) >= 11 is 6.18. The summed E-state index contributed by atoms with van der Waals surface area (Å²) in [5, 5.41) is 0.941. The van der Waals surface area contributed by atoms with Gasteiger partial charge in [-0.3, -0.25) is 0 Å². The molecule has 226 valence electrons. The van der Waals surface area contributed by atoms with E-state index < -0.39 is 12.0 Å². The monoisotopic (exact) mass is 616 g/mol. The highest BCUT2D eigenvalue weighted by Gasteiger charge is 2.25. The molecule has 5 heterocycles. The number of hydrogen-bond donors (Lipinski definition) is 0. The Labute approximate surface area is 257 Å². The maximum absolute atomic E-state index is 13.7. The summed E-state index contributed by atoms with van der Waals surface area (Å²) in [4.78, 5) is 26.4. The van der Waals surface area contributed by atoms with Crippen molar-refractivity contribution in [2.24, 2.45) is 5.92 Å². The first-order valence-corrected chi connectivity index (χ1v) is 15.0. The molecule has 2 atom stereocenters. The first-order chi connectivity index (χ1) is 21.4. The van der Waals surface area contributed by atoms with E-state index in [1.807, 2.05) is 24.3 Å². The Bertz CT molecular complexity index is 1900. The average molecular weight is 617 g/mol. The molecule has 4 aromatic heterocycles. The lowest BCUT2D eigenvalue weighted by Crippen LogP contribution is -2.32. The summed E-state index contributed by atoms with van der Waals surface area (Å²) in [6.45, 7) is 1.59. The largest absolute Gasteiger partial charge is 0.473 e. The summed E-state index contributed by atoms with van der Waals surface area (Å²) in [6, 6.07) is 13.3. The van der Waals surface area contributed by atoms with Crippen molar-refractivity contribution >= 4 is 45.3 Å². The molecule has 9 nitrogen and oxygen atoms in total. The quantitative estimate of drug-likeness (QED) is 0.164. The molecule has 11 heteroatoms. The number of allylic oxidation sites excluding steroid dienone is 2. The number of rotatable bonds is 9. The third-order valence-corrected chi connectivity index (χ3v) is 8.68. The van der Waals surface area contributed by atoms with Crippen LogP contribution >= 0.6 is 11.6 Å². The summed E-state index contributed by atoms with van der Waals surface area (Å²) in [7, 11) is 1.35. The highest BCUT2D eigenvalue weighted by Crippen LogP contribution is 2.34. The van der Waals surface area contributed by atoms with Gasteiger partial charge in [0.1, 0.15) is 23.5 Å². The molecule has 1 fully saturated rings. The third kappa shape index (κ3) is 5.67. The maximum atomic E-state index is 13.7. The zero-order chi connectivity index (χ0) is 30.2. The summed E-state index contributed by atoms with van der Waals surface area (Å²) in [6.07, 6.45) is 6.91. The molecule has 0 saturated carbocycles. The van der Waals surface area contributed by atoms with Crippen molar-refractivity contribution in [2.45, 2.75) is 51.4 Å². The van der Waals surface area contributed by atoms with Crippen molar-refractivity contribution in [1.29, 1.82) is 0 Å². The second-order valence-electron chi connectivity index (χ2n) is 11.2. The molecule has 0 bridgehead atoms. The van der Waals surface area contributed by atoms with Gasteiger partial charge in [-0.15, -0.1) is 0 Å². The van der Waals surface area contributed by atoms with Crippen LogP contribution in [0.3, 0.4) is 0 Å². The van der Waals surface area contributed by atoms with Crippen LogP contribution in [0.2, 0.25) is 5.02 Å². The molecule has 5 aromatic rings. The highest BCUT2D eigenvalue weighted by atomic mass is 35.5. The maximum Gasteiger partial charge on any atom is 0.356 e. The van der Waals surface area contributed by atoms with E-state index in [1.54, 1.807) is 18.2 Å². The lowest BCUT2D eigenvalue weighted by Gasteiger charge is -2.28. The predicted molar refractivity (Wildman–Crippen MR) is 162 cm³/mol. The lowest BCUT2D eigenvalue weighted by atomic mass is 9.86. The van der Waals surface area contributed by atoms with Gasteiger partial charge in [-0.1, -0.05) is 29.8 Å². The normalized spacial score (nSPS) is 18.3. The van der Waals surface area contributed by atoms with Crippen LogP contribution in [-0.4, -0.2) is 45.3 Å². The van der Waals surface area contributed by atoms with Crippen molar-refractivity contribution in [2.75, 3.05) is 13.7 Å². The molecule has 0 spiro atoms. The third-order valence-electron chi connectivity index (χ3n) is 8.35. The van der Waals surface area contributed by atoms with Gasteiger partial charge in [-0.05, 0) is 61.4 Å². The van der Waals surface area contributed by atoms with Gasteiger partial charge in [-0.2, -0.15) is 4.39 Å². The number of fused-ring (bicyclic) bond motifs is 2. The van der Waals surface area contributed by atoms with Crippen LogP contribution in [-0.2, 0) is 29.0 Å². The van der Waals surface area contributed by atoms with Crippen LogP contribution in [0.4, 0.5) is 4.39 Å². The number of aromatic nitrogens is 4. The molecule has 44 heavy (non-hydrogen) atoms. The van der Waals surface area contributed by atoms with Crippen LogP contribution in [0.15, 0.2) is 59.0 Å². The Morgan fingerprint density at radius 2 is 2.02 bits per heavy atom. The minimum Gasteiger partial charge on any atom is -0.473 e. The number of pyridine rings is 2. The number of imidazole rings is 1. The van der Waals surface area contributed by atoms with E-state index in [2.05, 4.69) is 15.6 Å². The molecule has 0 amide bonds. The number of benzene rings is 1. The summed E-state index contributed by atoms with van der Waals surface area (Å²) < 4.78 is 37.6. The van der Waals surface area contributed by atoms with Crippen molar-refractivity contribution in [3.05, 3.63) is 88.4 Å². The number of hydrogen-bond acceptors (Lipinski definition) is 8. The zero-order valence-corrected chi connectivity index (χ0v) is 24.8. The summed E-state index contributed by atoms with van der Waals surface area (Å²) in [5.74, 6) is 1.36. The van der Waals surface area contributed by atoms with Crippen molar-refractivity contribution in [3.63, 3.8) is 0 Å². The van der Waals surface area contributed by atoms with E-state index in [-0.39, 0.29) is 18.4 Å². The number of halogens is 2. The fourth-order valence-corrected chi connectivity index (χ4v) is 6.07. The highest BCUT2D eigenvalue weighted by molar-refractivity contribution is 6.35. The Morgan fingerprint density at radius 1 is 1.14 bits per heavy atom. The minimum absolute atomic E-state index is 0.124. The van der Waals surface area contributed by atoms with E-state index >= 15 is 0 Å². The second kappa shape index (κ2) is 12.0. The molecule has 1 saturated heterocycles. The average Bonchev–Trinajstić information content (AvgIpc) is 3.58. The van der Waals surface area contributed by atoms with Crippen LogP contribution in [0.5, 0.6) is 5.88 Å². The SMILES string of the molecule is COC(=O)c1ccc2nc(CC3CC=C(c4cccc(OCc5ccc(Cl)c6cc(F)oc56)n4)CC3)n(C[C@@H]3CCO3)c2n1. The van der Waals surface area contributed by atoms with E-state index in [1.165, 1.54) is 18.7 Å². The topological polar surface area (TPSA) is 102 Å². The van der Waals surface area contributed by atoms with Gasteiger partial charge in [0.25, 0.3) is 6.01 Å². The fraction of sp³-hybridized carbons (Fsp3) is 0.333. The van der Waals surface area contributed by atoms with Crippen LogP contribution in [0.1, 0.15) is 53.3 Å². The molecule has 1 aromatic carbocycles. The van der Waals surface area contributed by atoms with Gasteiger partial charge in [-0.25, -0.2) is 19.7 Å². The van der Waals surface area contributed by atoms with E-state index in [0.29, 0.717) is 45.5 Å². The van der Waals surface area contributed by atoms with E-state index in [0.717, 1.165) is 55.7 Å². The van der Waals surface area contributed by atoms with Gasteiger partial charge < -0.3 is 23.2 Å². The molecule has 1 aliphatic heterocycles. The van der Waals surface area contributed by atoms with Crippen molar-refractivity contribution in [3.8, 4) is 5.88 Å². The number of furan rings is 1. The number of carbonyl (C=O) groups is 1. The van der Waals surface area contributed by atoms with Crippen molar-refractivity contribution < 1.29 is 27.8 Å². The van der Waals surface area contributed by atoms with Gasteiger partial charge >= 0.3 is 5.97 Å². The molecule has 7 rings (SSSR count). The van der Waals surface area contributed by atoms with Gasteiger partial charge in [0.2, 0.25) is 5.88 Å². The summed E-state index contributed by atoms with van der Waals surface area (Å²) in [5.41, 5.74) is 4.82. The molecule has 1 unspecified atom stereocenters. The number of carbonyl (C=O) groups excluding carboxylic acids is 1. The van der Waals surface area contributed by atoms with Crippen molar-refractivity contribution in [1.82, 2.24) is 19.5 Å². The van der Waals surface area contributed by atoms with Crippen LogP contribution in [0, 0.1) is 11.9 Å². The Balaban J connectivity index is 1.05. The Kier molecular flexibility index (Phi) is 7.78. The number of nitrogens with zero attached hydrogens (tertiary/aromatic N) is 4. The molecular formula is C33H30ClFN4O5. The minimum atomic E-state index is -0.689. The second-order valence-corrected chi connectivity index (χ2v) is 11.6. The fourth-order valence-electron chi connectivity index (χ4n) is 5.87. The molecule has 0 radical (unpaired) electrons. The zero-order valence-electron chi connectivity index (χ0n) is 24.1. The number of methoxy groups -OCH3 is 1. The predicted octanol–water partition coefficient (Wildman–Crippen LogP) is 6.95. The van der Waals surface area contributed by atoms with Crippen LogP contribution in [0.25, 0.3) is 27.7 Å². The number of ether oxygens (including phenoxy) is 3. The first kappa shape index (κ1) is 28.5. The van der Waals surface area contributed by atoms with Crippen LogP contribution < -0.4 is 4.74 Å². The number of esters is 1. The smallest absolute Gasteiger partial charge is 0.356 e. The van der Waals surface area contributed by atoms with Gasteiger partial charge in [0.15, 0.2) is 11.3 Å². The molecule has 0 N–H and O–H groups in total. The Hall–Kier alpha value is -4.28. The lowest BCUT2D eigenvalue weighted by molar-refractivity contribution is -0.0591. The standard InChI is InChI=1S/C33H30ClFN4O5/c1-41-33(40)27-12-11-26-32(38-27)39(17-22-13-14-42-22)29(36-26)15-19-5-7-20(8-6-19)25-3-2-4-30(37-25)43-18-21-9-10-24(34)23-16-28(35)44-31(21)23/h2-4,7,9-12,16,19,22H,5-6,8,13-15,17-18H2,1H3/t19?,22-/m0/s1.